The molecule has 1 atom stereocenters. The Morgan fingerprint density at radius 3 is 2.71 bits per heavy atom. The third-order valence-corrected chi connectivity index (χ3v) is 4.71. The van der Waals surface area contributed by atoms with Crippen LogP contribution in [0.25, 0.3) is 0 Å². The Balaban J connectivity index is 1.72. The first-order valence-electron chi connectivity index (χ1n) is 7.74. The second kappa shape index (κ2) is 5.92. The molecular weight excluding hydrogens is 268 g/mol. The van der Waals surface area contributed by atoms with Crippen LogP contribution in [0.1, 0.15) is 48.6 Å². The summed E-state index contributed by atoms with van der Waals surface area (Å²) in [6.45, 7) is 1.20. The van der Waals surface area contributed by atoms with E-state index in [1.807, 2.05) is 18.3 Å². The fourth-order valence-corrected chi connectivity index (χ4v) is 3.24. The molecule has 1 saturated carbocycles. The number of amides is 1. The number of hydrogen-bond donors (Lipinski definition) is 0. The van der Waals surface area contributed by atoms with Crippen LogP contribution >= 0.6 is 0 Å². The van der Waals surface area contributed by atoms with Crippen molar-refractivity contribution in [1.29, 1.82) is 0 Å². The third-order valence-electron chi connectivity index (χ3n) is 4.71. The molecule has 0 unspecified atom stereocenters. The number of methoxy groups -OCH3 is 1. The van der Waals surface area contributed by atoms with Gasteiger partial charge in [0.1, 0.15) is 5.69 Å². The summed E-state index contributed by atoms with van der Waals surface area (Å²) < 4.78 is 6.92. The van der Waals surface area contributed by atoms with Gasteiger partial charge in [0.15, 0.2) is 0 Å². The van der Waals surface area contributed by atoms with E-state index in [0.29, 0.717) is 12.6 Å². The molecule has 5 nitrogen and oxygen atoms in total. The van der Waals surface area contributed by atoms with Crippen molar-refractivity contribution < 1.29 is 14.3 Å². The summed E-state index contributed by atoms with van der Waals surface area (Å²) in [4.78, 5) is 26.2. The Kier molecular flexibility index (Phi) is 3.99. The van der Waals surface area contributed by atoms with Gasteiger partial charge in [0.25, 0.3) is 5.91 Å². The fourth-order valence-electron chi connectivity index (χ4n) is 3.24. The van der Waals surface area contributed by atoms with Crippen LogP contribution in [-0.4, -0.2) is 41.5 Å². The number of nitrogens with zero attached hydrogens (tertiary/aromatic N) is 2. The number of hydrogen-bond acceptors (Lipinski definition) is 3. The van der Waals surface area contributed by atoms with E-state index in [-0.39, 0.29) is 17.8 Å². The monoisotopic (exact) mass is 290 g/mol. The van der Waals surface area contributed by atoms with Crippen LogP contribution in [0.4, 0.5) is 0 Å². The van der Waals surface area contributed by atoms with Gasteiger partial charge in [0.2, 0.25) is 0 Å². The van der Waals surface area contributed by atoms with Crippen LogP contribution in [0, 0.1) is 5.92 Å². The number of carbonyl (C=O) groups excluding carboxylic acids is 2. The lowest BCUT2D eigenvalue weighted by atomic mass is 9.92. The van der Waals surface area contributed by atoms with Gasteiger partial charge in [0.05, 0.1) is 13.0 Å². The molecule has 2 heterocycles. The summed E-state index contributed by atoms with van der Waals surface area (Å²) in [7, 11) is 1.41. The fraction of sp³-hybridized carbons (Fsp3) is 0.625. The summed E-state index contributed by atoms with van der Waals surface area (Å²) in [5.41, 5.74) is 0.755. The van der Waals surface area contributed by atoms with E-state index >= 15 is 0 Å². The SMILES string of the molecule is COC(=O)[C@H]1CCCN(C(=O)c2cccn2C2CCC2)C1. The third kappa shape index (κ3) is 2.69. The largest absolute Gasteiger partial charge is 0.469 e. The average Bonchev–Trinajstić information content (AvgIpc) is 2.93. The molecule has 5 heteroatoms. The van der Waals surface area contributed by atoms with Gasteiger partial charge in [-0.3, -0.25) is 9.59 Å². The molecule has 114 valence electrons. The van der Waals surface area contributed by atoms with Gasteiger partial charge in [-0.15, -0.1) is 0 Å². The molecule has 1 saturated heterocycles. The molecule has 3 rings (SSSR count). The molecule has 0 bridgehead atoms. The normalized spacial score (nSPS) is 22.7. The van der Waals surface area contributed by atoms with Gasteiger partial charge >= 0.3 is 5.97 Å². The maximum atomic E-state index is 12.7. The van der Waals surface area contributed by atoms with Crippen molar-refractivity contribution in [2.45, 2.75) is 38.1 Å². The molecule has 1 aliphatic carbocycles. The number of carbonyl (C=O) groups is 2. The van der Waals surface area contributed by atoms with Gasteiger partial charge in [-0.2, -0.15) is 0 Å². The van der Waals surface area contributed by atoms with Gasteiger partial charge in [0, 0.05) is 25.3 Å². The van der Waals surface area contributed by atoms with E-state index in [9.17, 15) is 9.59 Å². The number of aromatic nitrogens is 1. The minimum atomic E-state index is -0.207. The first-order chi connectivity index (χ1) is 10.2. The van der Waals surface area contributed by atoms with Crippen molar-refractivity contribution in [2.75, 3.05) is 20.2 Å². The maximum Gasteiger partial charge on any atom is 0.310 e. The Morgan fingerprint density at radius 1 is 1.24 bits per heavy atom. The summed E-state index contributed by atoms with van der Waals surface area (Å²) >= 11 is 0. The first kappa shape index (κ1) is 14.2. The molecule has 1 aromatic rings. The zero-order valence-electron chi connectivity index (χ0n) is 12.5. The van der Waals surface area contributed by atoms with Crippen LogP contribution in [0.2, 0.25) is 0 Å². The highest BCUT2D eigenvalue weighted by Crippen LogP contribution is 2.33. The number of ether oxygens (including phenoxy) is 1. The summed E-state index contributed by atoms with van der Waals surface area (Å²) in [5.74, 6) is -0.345. The zero-order chi connectivity index (χ0) is 14.8. The van der Waals surface area contributed by atoms with Crippen LogP contribution in [0.3, 0.4) is 0 Å². The van der Waals surface area contributed by atoms with Crippen molar-refractivity contribution in [3.8, 4) is 0 Å². The molecule has 21 heavy (non-hydrogen) atoms. The van der Waals surface area contributed by atoms with Crippen molar-refractivity contribution in [1.82, 2.24) is 9.47 Å². The zero-order valence-corrected chi connectivity index (χ0v) is 12.5. The molecule has 0 aromatic carbocycles. The Hall–Kier alpha value is -1.78. The Morgan fingerprint density at radius 2 is 2.05 bits per heavy atom. The second-order valence-electron chi connectivity index (χ2n) is 6.00. The van der Waals surface area contributed by atoms with E-state index < -0.39 is 0 Å². The summed E-state index contributed by atoms with van der Waals surface area (Å²) in [5, 5.41) is 0. The van der Waals surface area contributed by atoms with E-state index in [4.69, 9.17) is 4.74 Å². The highest BCUT2D eigenvalue weighted by atomic mass is 16.5. The van der Waals surface area contributed by atoms with Gasteiger partial charge in [-0.25, -0.2) is 0 Å². The maximum absolute atomic E-state index is 12.7. The molecular formula is C16H22N2O3. The number of piperidine rings is 1. The van der Waals surface area contributed by atoms with E-state index in [1.54, 1.807) is 4.90 Å². The second-order valence-corrected chi connectivity index (χ2v) is 6.00. The predicted molar refractivity (Wildman–Crippen MR) is 78.0 cm³/mol. The van der Waals surface area contributed by atoms with Gasteiger partial charge < -0.3 is 14.2 Å². The van der Waals surface area contributed by atoms with Crippen LogP contribution in [0.5, 0.6) is 0 Å². The summed E-state index contributed by atoms with van der Waals surface area (Å²) in [6, 6.07) is 4.30. The first-order valence-corrected chi connectivity index (χ1v) is 7.74. The smallest absolute Gasteiger partial charge is 0.310 e. The number of esters is 1. The minimum Gasteiger partial charge on any atom is -0.469 e. The quantitative estimate of drug-likeness (QED) is 0.802. The summed E-state index contributed by atoms with van der Waals surface area (Å²) in [6.07, 6.45) is 7.21. The number of likely N-dealkylation sites (tertiary alicyclic amines) is 1. The van der Waals surface area contributed by atoms with Gasteiger partial charge in [-0.05, 0) is 44.2 Å². The van der Waals surface area contributed by atoms with Crippen molar-refractivity contribution in [2.24, 2.45) is 5.92 Å². The van der Waals surface area contributed by atoms with Crippen LogP contribution in [-0.2, 0) is 9.53 Å². The van der Waals surface area contributed by atoms with Gasteiger partial charge in [-0.1, -0.05) is 0 Å². The van der Waals surface area contributed by atoms with Crippen molar-refractivity contribution >= 4 is 11.9 Å². The lowest BCUT2D eigenvalue weighted by Gasteiger charge is -2.33. The molecule has 1 amide bonds. The highest BCUT2D eigenvalue weighted by molar-refractivity contribution is 5.93. The molecule has 2 fully saturated rings. The lowest BCUT2D eigenvalue weighted by molar-refractivity contribution is -0.146. The highest BCUT2D eigenvalue weighted by Gasteiger charge is 2.31. The van der Waals surface area contributed by atoms with Crippen molar-refractivity contribution in [3.63, 3.8) is 0 Å². The van der Waals surface area contributed by atoms with E-state index in [2.05, 4.69) is 4.57 Å². The van der Waals surface area contributed by atoms with E-state index in [0.717, 1.165) is 37.9 Å². The molecule has 2 aliphatic rings. The van der Waals surface area contributed by atoms with Crippen LogP contribution in [0.15, 0.2) is 18.3 Å². The Labute approximate surface area is 124 Å². The van der Waals surface area contributed by atoms with Crippen molar-refractivity contribution in [3.05, 3.63) is 24.0 Å². The topological polar surface area (TPSA) is 51.5 Å². The lowest BCUT2D eigenvalue weighted by Crippen LogP contribution is -2.43. The molecule has 0 spiro atoms. The van der Waals surface area contributed by atoms with Crippen LogP contribution < -0.4 is 0 Å². The van der Waals surface area contributed by atoms with E-state index in [1.165, 1.54) is 13.5 Å². The Bertz CT molecular complexity index is 533. The predicted octanol–water partition coefficient (Wildman–Crippen LogP) is 2.24. The molecule has 1 aliphatic heterocycles. The standard InChI is InChI=1S/C16H22N2O3/c1-21-16(20)12-5-3-9-17(11-12)15(19)14-8-4-10-18(14)13-6-2-7-13/h4,8,10,12-13H,2-3,5-7,9,11H2,1H3/t12-/m0/s1. The molecule has 0 radical (unpaired) electrons. The minimum absolute atomic E-state index is 0.0421. The molecule has 1 aromatic heterocycles. The average molecular weight is 290 g/mol. The number of rotatable bonds is 3. The molecule has 0 N–H and O–H groups in total.